The molecule has 0 aromatic carbocycles. The van der Waals surface area contributed by atoms with E-state index in [0.29, 0.717) is 12.0 Å². The molecule has 0 radical (unpaired) electrons. The van der Waals surface area contributed by atoms with Crippen LogP contribution in [0, 0.1) is 0 Å². The lowest BCUT2D eigenvalue weighted by Crippen LogP contribution is -2.06. The van der Waals surface area contributed by atoms with E-state index < -0.39 is 18.0 Å². The molecule has 0 saturated heterocycles. The van der Waals surface area contributed by atoms with Crippen LogP contribution in [0.25, 0.3) is 5.52 Å². The number of pyridine rings is 1. The lowest BCUT2D eigenvalue weighted by molar-refractivity contribution is -0.141. The summed E-state index contributed by atoms with van der Waals surface area (Å²) in [5.41, 5.74) is -0.422. The molecule has 2 aromatic rings. The summed E-state index contributed by atoms with van der Waals surface area (Å²) in [5, 5.41) is 13.3. The number of alkyl halides is 3. The molecule has 0 bridgehead atoms. The Morgan fingerprint density at radius 3 is 2.63 bits per heavy atom. The first-order chi connectivity index (χ1) is 8.88. The second kappa shape index (κ2) is 4.73. The fourth-order valence-corrected chi connectivity index (χ4v) is 1.87. The van der Waals surface area contributed by atoms with Crippen LogP contribution in [-0.2, 0) is 6.18 Å². The van der Waals surface area contributed by atoms with E-state index in [2.05, 4.69) is 5.10 Å². The zero-order valence-corrected chi connectivity index (χ0v) is 10.4. The number of rotatable bonds is 3. The number of hydrogen-bond acceptors (Lipinski definition) is 3. The minimum absolute atomic E-state index is 0.178. The molecular formula is C12H13F3N2O2. The van der Waals surface area contributed by atoms with Gasteiger partial charge in [-0.3, -0.25) is 0 Å². The van der Waals surface area contributed by atoms with E-state index in [1.807, 2.05) is 0 Å². The van der Waals surface area contributed by atoms with Gasteiger partial charge in [0.2, 0.25) is 5.88 Å². The fourth-order valence-electron chi connectivity index (χ4n) is 1.87. The number of nitrogens with zero attached hydrogens (tertiary/aromatic N) is 2. The molecule has 0 amide bonds. The Balaban J connectivity index is 2.71. The van der Waals surface area contributed by atoms with Crippen LogP contribution >= 0.6 is 0 Å². The largest absolute Gasteiger partial charge is 0.481 e. The van der Waals surface area contributed by atoms with Crippen molar-refractivity contribution in [1.82, 2.24) is 9.61 Å². The molecule has 0 aliphatic heterocycles. The summed E-state index contributed by atoms with van der Waals surface area (Å²) in [6, 6.07) is 3.94. The highest BCUT2D eigenvalue weighted by atomic mass is 19.4. The van der Waals surface area contributed by atoms with Crippen LogP contribution < -0.4 is 4.74 Å². The molecule has 2 heterocycles. The molecule has 4 nitrogen and oxygen atoms in total. The first kappa shape index (κ1) is 13.7. The van der Waals surface area contributed by atoms with Crippen molar-refractivity contribution in [3.05, 3.63) is 29.5 Å². The lowest BCUT2D eigenvalue weighted by Gasteiger charge is -2.11. The van der Waals surface area contributed by atoms with Gasteiger partial charge >= 0.3 is 6.18 Å². The van der Waals surface area contributed by atoms with Crippen molar-refractivity contribution < 1.29 is 23.0 Å². The predicted molar refractivity (Wildman–Crippen MR) is 62.0 cm³/mol. The maximum atomic E-state index is 12.7. The van der Waals surface area contributed by atoms with Gasteiger partial charge in [-0.25, -0.2) is 4.52 Å². The van der Waals surface area contributed by atoms with Gasteiger partial charge in [0.25, 0.3) is 0 Å². The first-order valence-electron chi connectivity index (χ1n) is 5.70. The van der Waals surface area contributed by atoms with Gasteiger partial charge in [-0.05, 0) is 18.6 Å². The average Bonchev–Trinajstić information content (AvgIpc) is 2.81. The van der Waals surface area contributed by atoms with E-state index in [4.69, 9.17) is 4.74 Å². The van der Waals surface area contributed by atoms with Crippen molar-refractivity contribution in [2.24, 2.45) is 0 Å². The quantitative estimate of drug-likeness (QED) is 0.936. The van der Waals surface area contributed by atoms with Crippen molar-refractivity contribution in [3.8, 4) is 5.88 Å². The first-order valence-corrected chi connectivity index (χ1v) is 5.70. The molecule has 0 aliphatic rings. The normalized spacial score (nSPS) is 13.8. The highest BCUT2D eigenvalue weighted by Crippen LogP contribution is 2.33. The van der Waals surface area contributed by atoms with Crippen LogP contribution in [0.4, 0.5) is 13.2 Å². The van der Waals surface area contributed by atoms with Gasteiger partial charge in [-0.2, -0.15) is 18.3 Å². The minimum Gasteiger partial charge on any atom is -0.481 e. The number of halogens is 3. The molecule has 19 heavy (non-hydrogen) atoms. The standard InChI is InChI=1S/C12H13F3N2O2/c1-3-9(18)7-4-5-11(19-2)17-8(7)6-10(16-17)12(13,14)15/h4-6,9,18H,3H2,1-2H3. The van der Waals surface area contributed by atoms with E-state index in [-0.39, 0.29) is 11.4 Å². The van der Waals surface area contributed by atoms with Gasteiger partial charge in [-0.15, -0.1) is 0 Å². The van der Waals surface area contributed by atoms with Gasteiger partial charge in [-0.1, -0.05) is 6.92 Å². The predicted octanol–water partition coefficient (Wildman–Crippen LogP) is 2.81. The Morgan fingerprint density at radius 1 is 1.42 bits per heavy atom. The van der Waals surface area contributed by atoms with E-state index in [1.54, 1.807) is 13.0 Å². The third kappa shape index (κ3) is 2.37. The summed E-state index contributed by atoms with van der Waals surface area (Å²) in [7, 11) is 1.35. The molecule has 0 fully saturated rings. The third-order valence-electron chi connectivity index (χ3n) is 2.86. The molecule has 1 atom stereocenters. The van der Waals surface area contributed by atoms with Gasteiger partial charge in [0.05, 0.1) is 18.7 Å². The molecule has 2 aromatic heterocycles. The number of aliphatic hydroxyl groups is 1. The Hall–Kier alpha value is -1.76. The summed E-state index contributed by atoms with van der Waals surface area (Å²) in [4.78, 5) is 0. The Labute approximate surface area is 107 Å². The summed E-state index contributed by atoms with van der Waals surface area (Å²) in [6.07, 6.45) is -4.98. The second-order valence-electron chi connectivity index (χ2n) is 4.08. The molecule has 0 saturated carbocycles. The van der Waals surface area contributed by atoms with Crippen molar-refractivity contribution in [2.45, 2.75) is 25.6 Å². The van der Waals surface area contributed by atoms with Crippen LogP contribution in [-0.4, -0.2) is 21.8 Å². The van der Waals surface area contributed by atoms with Gasteiger partial charge in [0.15, 0.2) is 5.69 Å². The second-order valence-corrected chi connectivity index (χ2v) is 4.08. The summed E-state index contributed by atoms with van der Waals surface area (Å²) >= 11 is 0. The van der Waals surface area contributed by atoms with Crippen LogP contribution in [0.5, 0.6) is 5.88 Å². The van der Waals surface area contributed by atoms with Crippen molar-refractivity contribution in [3.63, 3.8) is 0 Å². The highest BCUT2D eigenvalue weighted by molar-refractivity contribution is 5.58. The fraction of sp³-hybridized carbons (Fsp3) is 0.417. The molecule has 0 spiro atoms. The molecular weight excluding hydrogens is 261 g/mol. The van der Waals surface area contributed by atoms with E-state index in [0.717, 1.165) is 10.6 Å². The van der Waals surface area contributed by atoms with E-state index in [9.17, 15) is 18.3 Å². The zero-order valence-electron chi connectivity index (χ0n) is 10.4. The summed E-state index contributed by atoms with van der Waals surface area (Å²) in [5.74, 6) is 0.178. The van der Waals surface area contributed by atoms with Crippen molar-refractivity contribution in [1.29, 1.82) is 0 Å². The van der Waals surface area contributed by atoms with Crippen LogP contribution in [0.2, 0.25) is 0 Å². The van der Waals surface area contributed by atoms with Gasteiger partial charge in [0.1, 0.15) is 0 Å². The van der Waals surface area contributed by atoms with Crippen LogP contribution in [0.3, 0.4) is 0 Å². The topological polar surface area (TPSA) is 46.8 Å². The van der Waals surface area contributed by atoms with Crippen LogP contribution in [0.15, 0.2) is 18.2 Å². The molecule has 1 unspecified atom stereocenters. The average molecular weight is 274 g/mol. The lowest BCUT2D eigenvalue weighted by atomic mass is 10.1. The van der Waals surface area contributed by atoms with E-state index >= 15 is 0 Å². The molecule has 104 valence electrons. The van der Waals surface area contributed by atoms with Crippen LogP contribution in [0.1, 0.15) is 30.7 Å². The smallest absolute Gasteiger partial charge is 0.435 e. The number of ether oxygens (including phenoxy) is 1. The van der Waals surface area contributed by atoms with Crippen molar-refractivity contribution >= 4 is 5.52 Å². The number of aliphatic hydroxyl groups excluding tert-OH is 1. The summed E-state index contributed by atoms with van der Waals surface area (Å²) < 4.78 is 44.1. The number of hydrogen-bond donors (Lipinski definition) is 1. The van der Waals surface area contributed by atoms with Crippen molar-refractivity contribution in [2.75, 3.05) is 7.11 Å². The Morgan fingerprint density at radius 2 is 2.11 bits per heavy atom. The monoisotopic (exact) mass is 274 g/mol. The maximum Gasteiger partial charge on any atom is 0.435 e. The number of fused-ring (bicyclic) bond motifs is 1. The van der Waals surface area contributed by atoms with Gasteiger partial charge in [0, 0.05) is 11.6 Å². The third-order valence-corrected chi connectivity index (χ3v) is 2.86. The Kier molecular flexibility index (Phi) is 3.40. The van der Waals surface area contributed by atoms with E-state index in [1.165, 1.54) is 13.2 Å². The molecule has 2 rings (SSSR count). The summed E-state index contributed by atoms with van der Waals surface area (Å²) in [6.45, 7) is 1.74. The molecule has 7 heteroatoms. The molecule has 1 N–H and O–H groups in total. The minimum atomic E-state index is -4.54. The zero-order chi connectivity index (χ0) is 14.2. The number of aromatic nitrogens is 2. The highest BCUT2D eigenvalue weighted by Gasteiger charge is 2.35. The maximum absolute atomic E-state index is 12.7. The Bertz CT molecular complexity index is 592. The number of methoxy groups -OCH3 is 1. The SMILES string of the molecule is CCC(O)c1ccc(OC)n2nc(C(F)(F)F)cc12. The molecule has 0 aliphatic carbocycles. The van der Waals surface area contributed by atoms with Gasteiger partial charge < -0.3 is 9.84 Å².